The quantitative estimate of drug-likeness (QED) is 0.628. The van der Waals surface area contributed by atoms with E-state index < -0.39 is 0 Å². The molecule has 0 aromatic heterocycles. The van der Waals surface area contributed by atoms with Crippen molar-refractivity contribution in [1.82, 2.24) is 15.1 Å². The molecule has 0 bridgehead atoms. The van der Waals surface area contributed by atoms with E-state index in [4.69, 9.17) is 0 Å². The first-order valence-corrected chi connectivity index (χ1v) is 6.53. The Labute approximate surface area is 114 Å². The fourth-order valence-corrected chi connectivity index (χ4v) is 2.16. The molecule has 0 saturated heterocycles. The molecule has 1 atom stereocenters. The van der Waals surface area contributed by atoms with Crippen molar-refractivity contribution in [2.24, 2.45) is 0 Å². The fraction of sp³-hybridized carbons (Fsp3) is 0.462. The molecule has 0 saturated carbocycles. The lowest BCUT2D eigenvalue weighted by Crippen LogP contribution is -2.50. The van der Waals surface area contributed by atoms with Gasteiger partial charge in [0.1, 0.15) is 0 Å². The molecule has 0 heterocycles. The van der Waals surface area contributed by atoms with Gasteiger partial charge in [0, 0.05) is 26.4 Å². The Balaban J connectivity index is 2.61. The molecule has 2 amide bonds. The number of urea groups is 1. The third-order valence-corrected chi connectivity index (χ3v) is 3.21. The molecule has 1 rings (SSSR count). The number of thiol groups is 1. The maximum absolute atomic E-state index is 12.2. The number of amides is 2. The summed E-state index contributed by atoms with van der Waals surface area (Å²) in [5.41, 5.74) is 1.12. The molecule has 0 aliphatic heterocycles. The van der Waals surface area contributed by atoms with Gasteiger partial charge < -0.3 is 9.80 Å². The summed E-state index contributed by atoms with van der Waals surface area (Å²) in [4.78, 5) is 15.5. The lowest BCUT2D eigenvalue weighted by atomic mass is 10.2. The van der Waals surface area contributed by atoms with Crippen molar-refractivity contribution >= 4 is 18.7 Å². The number of rotatable bonds is 5. The summed E-state index contributed by atoms with van der Waals surface area (Å²) in [6.45, 7) is 0.604. The first kappa shape index (κ1) is 14.9. The zero-order valence-corrected chi connectivity index (χ0v) is 12.0. The van der Waals surface area contributed by atoms with Gasteiger partial charge in [-0.3, -0.25) is 5.32 Å². The van der Waals surface area contributed by atoms with Crippen LogP contribution in [0.2, 0.25) is 0 Å². The predicted octanol–water partition coefficient (Wildman–Crippen LogP) is 1.65. The Kier molecular flexibility index (Phi) is 6.01. The summed E-state index contributed by atoms with van der Waals surface area (Å²) in [6.07, 6.45) is -0.0564. The average molecular weight is 267 g/mol. The topological polar surface area (TPSA) is 35.6 Å². The molecule has 100 valence electrons. The Morgan fingerprint density at radius 1 is 1.33 bits per heavy atom. The lowest BCUT2D eigenvalue weighted by Gasteiger charge is -2.30. The van der Waals surface area contributed by atoms with Crippen molar-refractivity contribution < 1.29 is 4.79 Å². The summed E-state index contributed by atoms with van der Waals surface area (Å²) in [5.74, 6) is 0.581. The summed E-state index contributed by atoms with van der Waals surface area (Å²) in [5, 5.41) is 3.05. The van der Waals surface area contributed by atoms with Gasteiger partial charge in [-0.2, -0.15) is 12.6 Å². The van der Waals surface area contributed by atoms with E-state index in [9.17, 15) is 4.79 Å². The van der Waals surface area contributed by atoms with Crippen LogP contribution in [0.25, 0.3) is 0 Å². The molecule has 0 aliphatic carbocycles. The molecule has 1 N–H and O–H groups in total. The predicted molar refractivity (Wildman–Crippen MR) is 77.8 cm³/mol. The van der Waals surface area contributed by atoms with Gasteiger partial charge in [-0.05, 0) is 12.6 Å². The zero-order chi connectivity index (χ0) is 13.5. The normalized spacial score (nSPS) is 12.0. The Morgan fingerprint density at radius 2 is 1.94 bits per heavy atom. The molecule has 0 aliphatic rings. The van der Waals surface area contributed by atoms with E-state index in [-0.39, 0.29) is 12.2 Å². The number of benzene rings is 1. The van der Waals surface area contributed by atoms with E-state index in [2.05, 4.69) is 17.9 Å². The summed E-state index contributed by atoms with van der Waals surface area (Å²) in [7, 11) is 5.40. The highest BCUT2D eigenvalue weighted by Gasteiger charge is 2.20. The second-order valence-electron chi connectivity index (χ2n) is 4.22. The SMILES string of the molecule is CNC(CS)N(C)C(=O)N(C)Cc1ccccc1. The number of nitrogens with one attached hydrogen (secondary N) is 1. The molecule has 1 unspecified atom stereocenters. The van der Waals surface area contributed by atoms with Crippen LogP contribution in [-0.2, 0) is 6.54 Å². The van der Waals surface area contributed by atoms with E-state index >= 15 is 0 Å². The van der Waals surface area contributed by atoms with Crippen LogP contribution in [0.5, 0.6) is 0 Å². The molecular formula is C13H21N3OS. The Bertz CT molecular complexity index is 368. The second-order valence-corrected chi connectivity index (χ2v) is 4.59. The van der Waals surface area contributed by atoms with E-state index in [1.54, 1.807) is 23.9 Å². The summed E-state index contributed by atoms with van der Waals surface area (Å²) >= 11 is 4.22. The van der Waals surface area contributed by atoms with Crippen LogP contribution in [0.4, 0.5) is 4.79 Å². The van der Waals surface area contributed by atoms with Crippen LogP contribution in [-0.4, -0.2) is 48.9 Å². The van der Waals surface area contributed by atoms with Crippen molar-refractivity contribution in [3.63, 3.8) is 0 Å². The number of nitrogens with zero attached hydrogens (tertiary/aromatic N) is 2. The zero-order valence-electron chi connectivity index (χ0n) is 11.1. The largest absolute Gasteiger partial charge is 0.323 e. The van der Waals surface area contributed by atoms with E-state index in [0.29, 0.717) is 12.3 Å². The molecule has 0 radical (unpaired) electrons. The van der Waals surface area contributed by atoms with Crippen molar-refractivity contribution in [2.45, 2.75) is 12.7 Å². The molecule has 4 nitrogen and oxygen atoms in total. The molecule has 1 aromatic carbocycles. The van der Waals surface area contributed by atoms with Crippen LogP contribution < -0.4 is 5.32 Å². The van der Waals surface area contributed by atoms with Crippen molar-refractivity contribution in [3.8, 4) is 0 Å². The van der Waals surface area contributed by atoms with Crippen LogP contribution >= 0.6 is 12.6 Å². The second kappa shape index (κ2) is 7.28. The van der Waals surface area contributed by atoms with Gasteiger partial charge in [-0.25, -0.2) is 4.79 Å². The third-order valence-electron chi connectivity index (χ3n) is 2.86. The number of carbonyl (C=O) groups is 1. The number of carbonyl (C=O) groups excluding carboxylic acids is 1. The standard InChI is InChI=1S/C13H21N3OS/c1-14-12(10-18)16(3)13(17)15(2)9-11-7-5-4-6-8-11/h4-8,12,14,18H,9-10H2,1-3H3. The van der Waals surface area contributed by atoms with Crippen LogP contribution in [0.3, 0.4) is 0 Å². The molecule has 5 heteroatoms. The average Bonchev–Trinajstić information content (AvgIpc) is 2.40. The summed E-state index contributed by atoms with van der Waals surface area (Å²) < 4.78 is 0. The van der Waals surface area contributed by atoms with E-state index in [1.165, 1.54) is 0 Å². The number of hydrogen-bond acceptors (Lipinski definition) is 3. The molecule has 0 fully saturated rings. The van der Waals surface area contributed by atoms with Gasteiger partial charge in [0.15, 0.2) is 0 Å². The lowest BCUT2D eigenvalue weighted by molar-refractivity contribution is 0.152. The smallest absolute Gasteiger partial charge is 0.321 e. The molecule has 1 aromatic rings. The molecule has 0 spiro atoms. The minimum atomic E-state index is -0.0564. The van der Waals surface area contributed by atoms with Gasteiger partial charge in [-0.1, -0.05) is 30.3 Å². The fourth-order valence-electron chi connectivity index (χ4n) is 1.73. The third kappa shape index (κ3) is 3.92. The van der Waals surface area contributed by atoms with Crippen LogP contribution in [0, 0.1) is 0 Å². The minimum absolute atomic E-state index is 0.0211. The van der Waals surface area contributed by atoms with Gasteiger partial charge in [-0.15, -0.1) is 0 Å². The first-order valence-electron chi connectivity index (χ1n) is 5.90. The van der Waals surface area contributed by atoms with Gasteiger partial charge in [0.2, 0.25) is 0 Å². The Morgan fingerprint density at radius 3 is 2.44 bits per heavy atom. The highest BCUT2D eigenvalue weighted by atomic mass is 32.1. The Hall–Kier alpha value is -1.20. The van der Waals surface area contributed by atoms with E-state index in [1.807, 2.05) is 37.4 Å². The monoisotopic (exact) mass is 267 g/mol. The maximum Gasteiger partial charge on any atom is 0.321 e. The summed E-state index contributed by atoms with van der Waals surface area (Å²) in [6, 6.07) is 9.92. The van der Waals surface area contributed by atoms with Gasteiger partial charge >= 0.3 is 6.03 Å². The first-order chi connectivity index (χ1) is 8.60. The molecular weight excluding hydrogens is 246 g/mol. The number of hydrogen-bond donors (Lipinski definition) is 2. The maximum atomic E-state index is 12.2. The van der Waals surface area contributed by atoms with Crippen LogP contribution in [0.1, 0.15) is 5.56 Å². The van der Waals surface area contributed by atoms with Crippen molar-refractivity contribution in [2.75, 3.05) is 26.9 Å². The van der Waals surface area contributed by atoms with Crippen molar-refractivity contribution in [3.05, 3.63) is 35.9 Å². The highest BCUT2D eigenvalue weighted by Crippen LogP contribution is 2.06. The molecule has 18 heavy (non-hydrogen) atoms. The van der Waals surface area contributed by atoms with E-state index in [0.717, 1.165) is 5.56 Å². The van der Waals surface area contributed by atoms with Gasteiger partial charge in [0.25, 0.3) is 0 Å². The highest BCUT2D eigenvalue weighted by molar-refractivity contribution is 7.80. The minimum Gasteiger partial charge on any atom is -0.323 e. The van der Waals surface area contributed by atoms with Crippen molar-refractivity contribution in [1.29, 1.82) is 0 Å². The van der Waals surface area contributed by atoms with Crippen LogP contribution in [0.15, 0.2) is 30.3 Å². The van der Waals surface area contributed by atoms with Gasteiger partial charge in [0.05, 0.1) is 6.17 Å².